The fourth-order valence-corrected chi connectivity index (χ4v) is 4.29. The van der Waals surface area contributed by atoms with Gasteiger partial charge in [0.15, 0.2) is 0 Å². The van der Waals surface area contributed by atoms with E-state index in [1.54, 1.807) is 13.0 Å². The van der Waals surface area contributed by atoms with Crippen LogP contribution < -0.4 is 4.72 Å². The second-order valence-corrected chi connectivity index (χ2v) is 7.85. The summed E-state index contributed by atoms with van der Waals surface area (Å²) in [5, 5.41) is 0. The zero-order valence-electron chi connectivity index (χ0n) is 13.8. The van der Waals surface area contributed by atoms with Crippen LogP contribution in [0.4, 0.5) is 0 Å². The van der Waals surface area contributed by atoms with E-state index in [2.05, 4.69) is 4.72 Å². The zero-order valence-corrected chi connectivity index (χ0v) is 14.6. The molecule has 0 bridgehead atoms. The summed E-state index contributed by atoms with van der Waals surface area (Å²) >= 11 is 0. The first-order valence-electron chi connectivity index (χ1n) is 8.15. The molecule has 0 heterocycles. The Morgan fingerprint density at radius 2 is 1.74 bits per heavy atom. The maximum Gasteiger partial charge on any atom is 0.338 e. The smallest absolute Gasteiger partial charge is 0.338 e. The molecule has 1 aliphatic carbocycles. The lowest BCUT2D eigenvalue weighted by atomic mass is 9.97. The van der Waals surface area contributed by atoms with E-state index in [0.29, 0.717) is 5.56 Å². The summed E-state index contributed by atoms with van der Waals surface area (Å²) in [7, 11) is -2.34. The van der Waals surface area contributed by atoms with E-state index in [0.717, 1.165) is 38.5 Å². The van der Waals surface area contributed by atoms with Gasteiger partial charge in [-0.25, -0.2) is 17.9 Å². The molecule has 0 aromatic heterocycles. The number of carbonyl (C=O) groups excluding carboxylic acids is 1. The van der Waals surface area contributed by atoms with E-state index in [1.807, 2.05) is 0 Å². The lowest BCUT2D eigenvalue weighted by Crippen LogP contribution is -2.35. The molecule has 128 valence electrons. The first-order chi connectivity index (χ1) is 10.9. The molecule has 1 N–H and O–H groups in total. The van der Waals surface area contributed by atoms with Crippen molar-refractivity contribution in [3.63, 3.8) is 0 Å². The van der Waals surface area contributed by atoms with Crippen molar-refractivity contribution in [1.82, 2.24) is 4.72 Å². The van der Waals surface area contributed by atoms with Gasteiger partial charge >= 0.3 is 5.97 Å². The van der Waals surface area contributed by atoms with E-state index in [9.17, 15) is 13.2 Å². The quantitative estimate of drug-likeness (QED) is 0.855. The van der Waals surface area contributed by atoms with E-state index in [4.69, 9.17) is 4.74 Å². The third-order valence-corrected chi connectivity index (χ3v) is 5.87. The SMILES string of the molecule is COC(=O)c1cc(S(=O)(=O)NC2CCCCCCC2)ccc1C. The van der Waals surface area contributed by atoms with Crippen LogP contribution in [0.1, 0.15) is 60.9 Å². The average molecular weight is 339 g/mol. The second kappa shape index (κ2) is 7.93. The Kier molecular flexibility index (Phi) is 6.18. The lowest BCUT2D eigenvalue weighted by Gasteiger charge is -2.21. The molecule has 0 atom stereocenters. The number of sulfonamides is 1. The fourth-order valence-electron chi connectivity index (χ4n) is 2.96. The lowest BCUT2D eigenvalue weighted by molar-refractivity contribution is 0.0599. The van der Waals surface area contributed by atoms with E-state index in [1.165, 1.54) is 25.7 Å². The zero-order chi connectivity index (χ0) is 16.9. The van der Waals surface area contributed by atoms with Crippen LogP contribution >= 0.6 is 0 Å². The van der Waals surface area contributed by atoms with Gasteiger partial charge in [-0.2, -0.15) is 0 Å². The van der Waals surface area contributed by atoms with Crippen molar-refractivity contribution in [2.24, 2.45) is 0 Å². The Hall–Kier alpha value is -1.40. The molecule has 0 spiro atoms. The highest BCUT2D eigenvalue weighted by Gasteiger charge is 2.22. The molecule has 23 heavy (non-hydrogen) atoms. The molecule has 5 nitrogen and oxygen atoms in total. The van der Waals surface area contributed by atoms with Crippen LogP contribution in [-0.2, 0) is 14.8 Å². The van der Waals surface area contributed by atoms with E-state index >= 15 is 0 Å². The molecular formula is C17H25NO4S. The van der Waals surface area contributed by atoms with E-state index in [-0.39, 0.29) is 16.5 Å². The minimum Gasteiger partial charge on any atom is -0.465 e. The summed E-state index contributed by atoms with van der Waals surface area (Å²) in [6, 6.07) is 4.54. The van der Waals surface area contributed by atoms with Gasteiger partial charge in [-0.05, 0) is 37.5 Å². The van der Waals surface area contributed by atoms with Gasteiger partial charge in [0, 0.05) is 6.04 Å². The normalized spacial score (nSPS) is 17.3. The van der Waals surface area contributed by atoms with Gasteiger partial charge in [0.05, 0.1) is 17.6 Å². The van der Waals surface area contributed by atoms with Crippen molar-refractivity contribution in [2.45, 2.75) is 62.8 Å². The fraction of sp³-hybridized carbons (Fsp3) is 0.588. The number of carbonyl (C=O) groups is 1. The molecule has 6 heteroatoms. The maximum absolute atomic E-state index is 12.6. The summed E-state index contributed by atoms with van der Waals surface area (Å²) in [5.41, 5.74) is 0.981. The molecule has 0 aliphatic heterocycles. The summed E-state index contributed by atoms with van der Waals surface area (Å²) in [6.45, 7) is 1.75. The van der Waals surface area contributed by atoms with Crippen LogP contribution in [0.25, 0.3) is 0 Å². The molecule has 0 unspecified atom stereocenters. The summed E-state index contributed by atoms with van der Waals surface area (Å²) in [6.07, 6.45) is 7.40. The van der Waals surface area contributed by atoms with Crippen molar-refractivity contribution in [3.8, 4) is 0 Å². The van der Waals surface area contributed by atoms with Crippen LogP contribution in [0.15, 0.2) is 23.1 Å². The molecule has 1 aromatic carbocycles. The van der Waals surface area contributed by atoms with Crippen LogP contribution in [0.2, 0.25) is 0 Å². The summed E-state index contributed by atoms with van der Waals surface area (Å²) in [5.74, 6) is -0.523. The van der Waals surface area contributed by atoms with Crippen LogP contribution in [0, 0.1) is 6.92 Å². The number of benzene rings is 1. The number of hydrogen-bond donors (Lipinski definition) is 1. The van der Waals surface area contributed by atoms with E-state index < -0.39 is 16.0 Å². The number of rotatable bonds is 4. The Morgan fingerprint density at radius 3 is 2.35 bits per heavy atom. The van der Waals surface area contributed by atoms with Gasteiger partial charge in [0.1, 0.15) is 0 Å². The molecule has 1 aliphatic rings. The molecule has 0 saturated heterocycles. The minimum absolute atomic E-state index is 0.0248. The summed E-state index contributed by atoms with van der Waals surface area (Å²) < 4.78 is 32.7. The third kappa shape index (κ3) is 4.78. The van der Waals surface area contributed by atoms with Crippen LogP contribution in [0.5, 0.6) is 0 Å². The number of aryl methyl sites for hydroxylation is 1. The topological polar surface area (TPSA) is 72.5 Å². The molecule has 1 saturated carbocycles. The Labute approximate surface area is 138 Å². The molecule has 0 amide bonds. The van der Waals surface area contributed by atoms with Crippen LogP contribution in [-0.4, -0.2) is 27.5 Å². The van der Waals surface area contributed by atoms with Gasteiger partial charge in [-0.3, -0.25) is 0 Å². The van der Waals surface area contributed by atoms with Gasteiger partial charge < -0.3 is 4.74 Å². The van der Waals surface area contributed by atoms with Gasteiger partial charge in [-0.15, -0.1) is 0 Å². The van der Waals surface area contributed by atoms with Crippen molar-refractivity contribution < 1.29 is 17.9 Å². The van der Waals surface area contributed by atoms with Gasteiger partial charge in [-0.1, -0.05) is 38.2 Å². The highest BCUT2D eigenvalue weighted by molar-refractivity contribution is 7.89. The first-order valence-corrected chi connectivity index (χ1v) is 9.63. The second-order valence-electron chi connectivity index (χ2n) is 6.13. The monoisotopic (exact) mass is 339 g/mol. The number of hydrogen-bond acceptors (Lipinski definition) is 4. The first kappa shape index (κ1) is 17.9. The summed E-state index contributed by atoms with van der Waals surface area (Å²) in [4.78, 5) is 11.9. The van der Waals surface area contributed by atoms with Crippen LogP contribution in [0.3, 0.4) is 0 Å². The van der Waals surface area contributed by atoms with Crippen molar-refractivity contribution in [1.29, 1.82) is 0 Å². The Balaban J connectivity index is 2.19. The minimum atomic E-state index is -3.63. The predicted octanol–water partition coefficient (Wildman–Crippen LogP) is 3.17. The maximum atomic E-state index is 12.6. The molecule has 2 rings (SSSR count). The molecule has 1 fully saturated rings. The Bertz CT molecular complexity index is 647. The highest BCUT2D eigenvalue weighted by atomic mass is 32.2. The van der Waals surface area contributed by atoms with Gasteiger partial charge in [0.2, 0.25) is 10.0 Å². The molecular weight excluding hydrogens is 314 g/mol. The van der Waals surface area contributed by atoms with Gasteiger partial charge in [0.25, 0.3) is 0 Å². The van der Waals surface area contributed by atoms with Crippen molar-refractivity contribution >= 4 is 16.0 Å². The van der Waals surface area contributed by atoms with Crippen molar-refractivity contribution in [2.75, 3.05) is 7.11 Å². The number of nitrogens with one attached hydrogen (secondary N) is 1. The largest absolute Gasteiger partial charge is 0.465 e. The number of methoxy groups -OCH3 is 1. The standard InChI is InChI=1S/C17H25NO4S/c1-13-10-11-15(12-16(13)17(19)22-2)23(20,21)18-14-8-6-4-3-5-7-9-14/h10-12,14,18H,3-9H2,1-2H3. The van der Waals surface area contributed by atoms with Crippen molar-refractivity contribution in [3.05, 3.63) is 29.3 Å². The third-order valence-electron chi connectivity index (χ3n) is 4.35. The number of esters is 1. The average Bonchev–Trinajstić information content (AvgIpc) is 2.49. The predicted molar refractivity (Wildman–Crippen MR) is 88.9 cm³/mol. The highest BCUT2D eigenvalue weighted by Crippen LogP contribution is 2.21. The number of ether oxygens (including phenoxy) is 1. The molecule has 1 aromatic rings. The molecule has 0 radical (unpaired) electrons. The Morgan fingerprint density at radius 1 is 1.13 bits per heavy atom.